The standard InChI is InChI=1S/C9H9F3N4/c1-4(13)7-15-6-2-5(9(10,11)12)3-14-8(6)16-7/h2-4H,13H2,1H3,(H,14,15,16)/t4-/m0/s1. The summed E-state index contributed by atoms with van der Waals surface area (Å²) < 4.78 is 37.1. The van der Waals surface area contributed by atoms with E-state index in [0.29, 0.717) is 5.82 Å². The Hall–Kier alpha value is -1.63. The first-order chi connectivity index (χ1) is 7.38. The molecule has 0 aromatic carbocycles. The molecule has 0 aliphatic heterocycles. The summed E-state index contributed by atoms with van der Waals surface area (Å²) in [6.07, 6.45) is -3.64. The molecule has 3 N–H and O–H groups in total. The van der Waals surface area contributed by atoms with Crippen LogP contribution < -0.4 is 5.73 Å². The first kappa shape index (κ1) is 10.9. The number of halogens is 3. The molecule has 0 radical (unpaired) electrons. The average Bonchev–Trinajstić information content (AvgIpc) is 2.58. The summed E-state index contributed by atoms with van der Waals surface area (Å²) in [7, 11) is 0. The zero-order valence-corrected chi connectivity index (χ0v) is 8.34. The number of hydrogen-bond donors (Lipinski definition) is 2. The second kappa shape index (κ2) is 3.44. The predicted octanol–water partition coefficient (Wildman–Crippen LogP) is 2.00. The Bertz CT molecular complexity index is 515. The van der Waals surface area contributed by atoms with Crippen LogP contribution in [0.25, 0.3) is 11.2 Å². The van der Waals surface area contributed by atoms with Gasteiger partial charge in [0, 0.05) is 6.20 Å². The molecule has 2 aromatic rings. The molecule has 2 heterocycles. The predicted molar refractivity (Wildman–Crippen MR) is 51.5 cm³/mol. The monoisotopic (exact) mass is 230 g/mol. The lowest BCUT2D eigenvalue weighted by molar-refractivity contribution is -0.137. The minimum absolute atomic E-state index is 0.236. The number of nitrogens with one attached hydrogen (secondary N) is 1. The molecular weight excluding hydrogens is 221 g/mol. The SMILES string of the molecule is C[C@H](N)c1nc2ncc(C(F)(F)F)cc2[nH]1. The van der Waals surface area contributed by atoms with Gasteiger partial charge in [0.1, 0.15) is 5.82 Å². The molecule has 0 saturated heterocycles. The number of rotatable bonds is 1. The number of H-pyrrole nitrogens is 1. The first-order valence-electron chi connectivity index (χ1n) is 4.56. The van der Waals surface area contributed by atoms with Crippen LogP contribution in [0.2, 0.25) is 0 Å². The highest BCUT2D eigenvalue weighted by molar-refractivity contribution is 5.71. The van der Waals surface area contributed by atoms with Gasteiger partial charge in [0.25, 0.3) is 0 Å². The lowest BCUT2D eigenvalue weighted by Gasteiger charge is -2.04. The normalized spacial score (nSPS) is 14.3. The van der Waals surface area contributed by atoms with Crippen LogP contribution in [0.4, 0.5) is 13.2 Å². The summed E-state index contributed by atoms with van der Waals surface area (Å²) in [5, 5.41) is 0. The maximum absolute atomic E-state index is 12.4. The third-order valence-electron chi connectivity index (χ3n) is 2.11. The van der Waals surface area contributed by atoms with Gasteiger partial charge in [-0.25, -0.2) is 9.97 Å². The molecular formula is C9H9F3N4. The van der Waals surface area contributed by atoms with E-state index in [-0.39, 0.29) is 17.2 Å². The molecule has 2 aromatic heterocycles. The van der Waals surface area contributed by atoms with E-state index in [1.807, 2.05) is 0 Å². The summed E-state index contributed by atoms with van der Waals surface area (Å²) in [6.45, 7) is 1.68. The van der Waals surface area contributed by atoms with Crippen molar-refractivity contribution in [3.63, 3.8) is 0 Å². The Labute approximate surface area is 88.7 Å². The second-order valence-electron chi connectivity index (χ2n) is 3.50. The number of fused-ring (bicyclic) bond motifs is 1. The highest BCUT2D eigenvalue weighted by Crippen LogP contribution is 2.30. The number of aromatic amines is 1. The number of nitrogens with zero attached hydrogens (tertiary/aromatic N) is 2. The molecule has 1 atom stereocenters. The van der Waals surface area contributed by atoms with Crippen LogP contribution in [-0.4, -0.2) is 15.0 Å². The summed E-state index contributed by atoms with van der Waals surface area (Å²) in [4.78, 5) is 10.3. The Morgan fingerprint density at radius 3 is 2.69 bits per heavy atom. The van der Waals surface area contributed by atoms with Crippen molar-refractivity contribution in [2.24, 2.45) is 5.73 Å². The van der Waals surface area contributed by atoms with Crippen LogP contribution in [0.1, 0.15) is 24.4 Å². The van der Waals surface area contributed by atoms with Gasteiger partial charge >= 0.3 is 6.18 Å². The average molecular weight is 230 g/mol. The number of hydrogen-bond acceptors (Lipinski definition) is 3. The van der Waals surface area contributed by atoms with Crippen molar-refractivity contribution in [2.45, 2.75) is 19.1 Å². The smallest absolute Gasteiger partial charge is 0.339 e. The van der Waals surface area contributed by atoms with Crippen molar-refractivity contribution in [3.05, 3.63) is 23.7 Å². The van der Waals surface area contributed by atoms with Gasteiger partial charge in [-0.05, 0) is 13.0 Å². The van der Waals surface area contributed by atoms with E-state index in [4.69, 9.17) is 5.73 Å². The summed E-state index contributed by atoms with van der Waals surface area (Å²) in [5.74, 6) is 0.418. The highest BCUT2D eigenvalue weighted by atomic mass is 19.4. The van der Waals surface area contributed by atoms with Crippen LogP contribution in [0.15, 0.2) is 12.3 Å². The lowest BCUT2D eigenvalue weighted by atomic mass is 10.2. The van der Waals surface area contributed by atoms with E-state index in [1.165, 1.54) is 0 Å². The maximum atomic E-state index is 12.4. The van der Waals surface area contributed by atoms with E-state index in [9.17, 15) is 13.2 Å². The largest absolute Gasteiger partial charge is 0.417 e. The van der Waals surface area contributed by atoms with E-state index in [2.05, 4.69) is 15.0 Å². The number of pyridine rings is 1. The van der Waals surface area contributed by atoms with Gasteiger partial charge < -0.3 is 10.7 Å². The molecule has 7 heteroatoms. The summed E-state index contributed by atoms with van der Waals surface area (Å²) in [6, 6.07) is 0.602. The molecule has 86 valence electrons. The summed E-state index contributed by atoms with van der Waals surface area (Å²) >= 11 is 0. The van der Waals surface area contributed by atoms with Gasteiger partial charge in [0.05, 0.1) is 17.1 Å². The number of imidazole rings is 1. The zero-order valence-electron chi connectivity index (χ0n) is 8.34. The number of nitrogens with two attached hydrogens (primary N) is 1. The second-order valence-corrected chi connectivity index (χ2v) is 3.50. The summed E-state index contributed by atoms with van der Waals surface area (Å²) in [5.41, 5.74) is 5.23. The fraction of sp³-hybridized carbons (Fsp3) is 0.333. The lowest BCUT2D eigenvalue weighted by Crippen LogP contribution is -2.06. The van der Waals surface area contributed by atoms with Crippen LogP contribution in [0.5, 0.6) is 0 Å². The van der Waals surface area contributed by atoms with E-state index in [0.717, 1.165) is 12.3 Å². The van der Waals surface area contributed by atoms with Crippen LogP contribution in [0.3, 0.4) is 0 Å². The molecule has 0 aliphatic rings. The third kappa shape index (κ3) is 1.85. The minimum Gasteiger partial charge on any atom is -0.339 e. The van der Waals surface area contributed by atoms with E-state index in [1.54, 1.807) is 6.92 Å². The van der Waals surface area contributed by atoms with Crippen molar-refractivity contribution in [1.29, 1.82) is 0 Å². The van der Waals surface area contributed by atoms with E-state index >= 15 is 0 Å². The Balaban J connectivity index is 2.54. The van der Waals surface area contributed by atoms with Gasteiger partial charge in [-0.15, -0.1) is 0 Å². The maximum Gasteiger partial charge on any atom is 0.417 e. The molecule has 0 bridgehead atoms. The molecule has 2 rings (SSSR count). The van der Waals surface area contributed by atoms with Gasteiger partial charge in [-0.2, -0.15) is 13.2 Å². The molecule has 0 amide bonds. The van der Waals surface area contributed by atoms with Crippen LogP contribution in [-0.2, 0) is 6.18 Å². The van der Waals surface area contributed by atoms with Gasteiger partial charge in [0.15, 0.2) is 5.65 Å². The Kier molecular flexibility index (Phi) is 2.34. The zero-order chi connectivity index (χ0) is 11.9. The van der Waals surface area contributed by atoms with Crippen molar-refractivity contribution in [3.8, 4) is 0 Å². The first-order valence-corrected chi connectivity index (χ1v) is 4.56. The van der Waals surface area contributed by atoms with Crippen molar-refractivity contribution < 1.29 is 13.2 Å². The van der Waals surface area contributed by atoms with Crippen molar-refractivity contribution >= 4 is 11.2 Å². The number of aromatic nitrogens is 3. The van der Waals surface area contributed by atoms with Gasteiger partial charge in [-0.1, -0.05) is 0 Å². The van der Waals surface area contributed by atoms with Gasteiger partial charge in [-0.3, -0.25) is 0 Å². The third-order valence-corrected chi connectivity index (χ3v) is 2.11. The highest BCUT2D eigenvalue weighted by Gasteiger charge is 2.31. The molecule has 0 aliphatic carbocycles. The Morgan fingerprint density at radius 2 is 2.12 bits per heavy atom. The van der Waals surface area contributed by atoms with E-state index < -0.39 is 11.7 Å². The van der Waals surface area contributed by atoms with Crippen LogP contribution >= 0.6 is 0 Å². The minimum atomic E-state index is -4.40. The van der Waals surface area contributed by atoms with Crippen molar-refractivity contribution in [2.75, 3.05) is 0 Å². The van der Waals surface area contributed by atoms with Crippen LogP contribution in [0, 0.1) is 0 Å². The fourth-order valence-corrected chi connectivity index (χ4v) is 1.29. The molecule has 16 heavy (non-hydrogen) atoms. The Morgan fingerprint density at radius 1 is 1.44 bits per heavy atom. The molecule has 0 unspecified atom stereocenters. The fourth-order valence-electron chi connectivity index (χ4n) is 1.29. The van der Waals surface area contributed by atoms with Crippen molar-refractivity contribution in [1.82, 2.24) is 15.0 Å². The molecule has 0 fully saturated rings. The topological polar surface area (TPSA) is 67.6 Å². The van der Waals surface area contributed by atoms with Gasteiger partial charge in [0.2, 0.25) is 0 Å². The molecule has 0 saturated carbocycles. The quantitative estimate of drug-likeness (QED) is 0.787. The molecule has 0 spiro atoms. The number of alkyl halides is 3. The molecule has 4 nitrogen and oxygen atoms in total.